The normalized spacial score (nSPS) is 18.0. The summed E-state index contributed by atoms with van der Waals surface area (Å²) in [6.45, 7) is 1.94. The van der Waals surface area contributed by atoms with Crippen LogP contribution in [0.4, 0.5) is 10.3 Å². The van der Waals surface area contributed by atoms with E-state index in [9.17, 15) is 4.39 Å². The van der Waals surface area contributed by atoms with Crippen molar-refractivity contribution in [2.24, 2.45) is 0 Å². The lowest BCUT2D eigenvalue weighted by atomic mass is 10.1. The van der Waals surface area contributed by atoms with Gasteiger partial charge in [-0.2, -0.15) is 0 Å². The Balaban J connectivity index is 1.71. The number of para-hydroxylation sites is 1. The van der Waals surface area contributed by atoms with E-state index in [-0.39, 0.29) is 5.82 Å². The van der Waals surface area contributed by atoms with Gasteiger partial charge in [0.15, 0.2) is 0 Å². The lowest BCUT2D eigenvalue weighted by Gasteiger charge is -2.23. The van der Waals surface area contributed by atoms with Gasteiger partial charge in [0.25, 0.3) is 0 Å². The number of benzene rings is 1. The monoisotopic (exact) mass is 345 g/mol. The molecule has 0 aliphatic carbocycles. The Hall–Kier alpha value is -2.18. The Morgan fingerprint density at radius 1 is 1.33 bits per heavy atom. The van der Waals surface area contributed by atoms with E-state index < -0.39 is 0 Å². The van der Waals surface area contributed by atoms with Gasteiger partial charge in [0.05, 0.1) is 22.4 Å². The van der Waals surface area contributed by atoms with Gasteiger partial charge in [-0.25, -0.2) is 14.4 Å². The fourth-order valence-electron chi connectivity index (χ4n) is 3.10. The first-order chi connectivity index (χ1) is 11.7. The number of halogens is 2. The van der Waals surface area contributed by atoms with Crippen molar-refractivity contribution in [2.45, 2.75) is 18.9 Å². The maximum Gasteiger partial charge on any atom is 0.223 e. The summed E-state index contributed by atoms with van der Waals surface area (Å²) in [4.78, 5) is 11.8. The van der Waals surface area contributed by atoms with Crippen molar-refractivity contribution in [3.63, 3.8) is 0 Å². The van der Waals surface area contributed by atoms with Crippen LogP contribution in [0.2, 0.25) is 5.02 Å². The van der Waals surface area contributed by atoms with E-state index in [4.69, 9.17) is 11.6 Å². The van der Waals surface area contributed by atoms with Crippen molar-refractivity contribution >= 4 is 28.5 Å². The Labute approximate surface area is 143 Å². The Morgan fingerprint density at radius 3 is 3.08 bits per heavy atom. The van der Waals surface area contributed by atoms with Gasteiger partial charge in [0.2, 0.25) is 5.95 Å². The molecule has 5 nitrogen and oxygen atoms in total. The minimum Gasteiger partial charge on any atom is -0.358 e. The minimum atomic E-state index is -0.296. The number of rotatable bonds is 3. The van der Waals surface area contributed by atoms with E-state index in [0.717, 1.165) is 36.9 Å². The predicted molar refractivity (Wildman–Crippen MR) is 93.8 cm³/mol. The number of hydrogen-bond acceptors (Lipinski definition) is 4. The van der Waals surface area contributed by atoms with Crippen molar-refractivity contribution < 1.29 is 4.39 Å². The number of aromatic amines is 1. The highest BCUT2D eigenvalue weighted by Gasteiger charge is 2.17. The average molecular weight is 346 g/mol. The first kappa shape index (κ1) is 15.4. The largest absolute Gasteiger partial charge is 0.358 e. The van der Waals surface area contributed by atoms with Crippen LogP contribution < -0.4 is 10.6 Å². The maximum absolute atomic E-state index is 13.9. The summed E-state index contributed by atoms with van der Waals surface area (Å²) in [6, 6.07) is 5.25. The highest BCUT2D eigenvalue weighted by atomic mass is 35.5. The zero-order chi connectivity index (χ0) is 16.5. The number of hydrogen-bond donors (Lipinski definition) is 3. The van der Waals surface area contributed by atoms with Crippen LogP contribution in [-0.2, 0) is 0 Å². The third-order valence-corrected chi connectivity index (χ3v) is 4.57. The van der Waals surface area contributed by atoms with Crippen molar-refractivity contribution in [2.75, 3.05) is 18.4 Å². The molecule has 24 heavy (non-hydrogen) atoms. The zero-order valence-corrected chi connectivity index (χ0v) is 13.7. The summed E-state index contributed by atoms with van der Waals surface area (Å²) in [7, 11) is 0. The van der Waals surface area contributed by atoms with E-state index in [0.29, 0.717) is 28.2 Å². The molecule has 3 aromatic rings. The number of nitrogens with one attached hydrogen (secondary N) is 3. The molecular weight excluding hydrogens is 329 g/mol. The zero-order valence-electron chi connectivity index (χ0n) is 12.9. The Kier molecular flexibility index (Phi) is 4.08. The number of H-pyrrole nitrogens is 1. The maximum atomic E-state index is 13.9. The van der Waals surface area contributed by atoms with Crippen LogP contribution >= 0.6 is 11.6 Å². The van der Waals surface area contributed by atoms with Gasteiger partial charge in [0, 0.05) is 29.7 Å². The van der Waals surface area contributed by atoms with E-state index in [1.807, 2.05) is 6.07 Å². The van der Waals surface area contributed by atoms with E-state index >= 15 is 0 Å². The summed E-state index contributed by atoms with van der Waals surface area (Å²) >= 11 is 6.30. The second-order valence-corrected chi connectivity index (χ2v) is 6.35. The molecule has 1 aliphatic rings. The van der Waals surface area contributed by atoms with Crippen LogP contribution in [0, 0.1) is 5.82 Å². The average Bonchev–Trinajstić information content (AvgIpc) is 3.03. The number of nitrogens with zero attached hydrogens (tertiary/aromatic N) is 2. The van der Waals surface area contributed by atoms with Crippen molar-refractivity contribution in [1.82, 2.24) is 20.3 Å². The number of aromatic nitrogens is 3. The first-order valence-electron chi connectivity index (χ1n) is 7.98. The molecule has 4 rings (SSSR count). The van der Waals surface area contributed by atoms with Crippen LogP contribution in [0.3, 0.4) is 0 Å². The molecule has 7 heteroatoms. The molecule has 3 N–H and O–H groups in total. The summed E-state index contributed by atoms with van der Waals surface area (Å²) in [5, 5.41) is 7.88. The summed E-state index contributed by atoms with van der Waals surface area (Å²) in [6.07, 6.45) is 5.51. The van der Waals surface area contributed by atoms with Crippen LogP contribution in [0.25, 0.3) is 22.2 Å². The number of piperidine rings is 1. The fraction of sp³-hybridized carbons (Fsp3) is 0.294. The van der Waals surface area contributed by atoms with Gasteiger partial charge in [-0.15, -0.1) is 0 Å². The second kappa shape index (κ2) is 6.37. The summed E-state index contributed by atoms with van der Waals surface area (Å²) < 4.78 is 13.9. The van der Waals surface area contributed by atoms with Gasteiger partial charge in [-0.05, 0) is 25.5 Å². The second-order valence-electron chi connectivity index (χ2n) is 5.94. The van der Waals surface area contributed by atoms with E-state index in [1.54, 1.807) is 18.5 Å². The van der Waals surface area contributed by atoms with Gasteiger partial charge in [-0.1, -0.05) is 23.7 Å². The van der Waals surface area contributed by atoms with E-state index in [2.05, 4.69) is 25.6 Å². The van der Waals surface area contributed by atoms with Gasteiger partial charge in [0.1, 0.15) is 5.82 Å². The standard InChI is InChI=1S/C17H17ClFN5/c18-13-9-22-17(23-10-3-2-6-20-7-10)24-15(13)12-8-21-16-11(12)4-1-5-14(16)19/h1,4-5,8-10,20-21H,2-3,6-7H2,(H,22,23,24)/t10-/m0/s1. The SMILES string of the molecule is Fc1cccc2c(-c3nc(N[C@H]4CCCNC4)ncc3Cl)c[nH]c12. The number of anilines is 1. The summed E-state index contributed by atoms with van der Waals surface area (Å²) in [5.41, 5.74) is 1.81. The fourth-order valence-corrected chi connectivity index (χ4v) is 3.29. The third kappa shape index (κ3) is 2.83. The molecule has 1 atom stereocenters. The molecule has 124 valence electrons. The minimum absolute atomic E-state index is 0.296. The van der Waals surface area contributed by atoms with Crippen molar-refractivity contribution in [3.05, 3.63) is 41.4 Å². The highest BCUT2D eigenvalue weighted by molar-refractivity contribution is 6.33. The lowest BCUT2D eigenvalue weighted by molar-refractivity contribution is 0.478. The molecule has 0 unspecified atom stereocenters. The summed E-state index contributed by atoms with van der Waals surface area (Å²) in [5.74, 6) is 0.240. The van der Waals surface area contributed by atoms with Gasteiger partial charge < -0.3 is 15.6 Å². The topological polar surface area (TPSA) is 65.6 Å². The lowest BCUT2D eigenvalue weighted by Crippen LogP contribution is -2.38. The molecule has 3 heterocycles. The van der Waals surface area contributed by atoms with Crippen molar-refractivity contribution in [1.29, 1.82) is 0 Å². The Bertz CT molecular complexity index is 873. The molecule has 0 saturated carbocycles. The smallest absolute Gasteiger partial charge is 0.223 e. The Morgan fingerprint density at radius 2 is 2.25 bits per heavy atom. The molecule has 1 fully saturated rings. The van der Waals surface area contributed by atoms with E-state index in [1.165, 1.54) is 6.07 Å². The molecule has 0 amide bonds. The molecule has 1 saturated heterocycles. The molecular formula is C17H17ClFN5. The predicted octanol–water partition coefficient (Wildman–Crippen LogP) is 3.58. The molecule has 0 bridgehead atoms. The van der Waals surface area contributed by atoms with Crippen LogP contribution in [0.1, 0.15) is 12.8 Å². The van der Waals surface area contributed by atoms with Crippen molar-refractivity contribution in [3.8, 4) is 11.3 Å². The highest BCUT2D eigenvalue weighted by Crippen LogP contribution is 2.33. The third-order valence-electron chi connectivity index (χ3n) is 4.29. The molecule has 1 aromatic carbocycles. The molecule has 0 radical (unpaired) electrons. The van der Waals surface area contributed by atoms with Crippen LogP contribution in [0.5, 0.6) is 0 Å². The number of fused-ring (bicyclic) bond motifs is 1. The quantitative estimate of drug-likeness (QED) is 0.679. The first-order valence-corrected chi connectivity index (χ1v) is 8.36. The van der Waals surface area contributed by atoms with Gasteiger partial charge in [-0.3, -0.25) is 0 Å². The van der Waals surface area contributed by atoms with Gasteiger partial charge >= 0.3 is 0 Å². The molecule has 2 aromatic heterocycles. The molecule has 1 aliphatic heterocycles. The van der Waals surface area contributed by atoms with Crippen LogP contribution in [-0.4, -0.2) is 34.1 Å². The molecule has 0 spiro atoms. The van der Waals surface area contributed by atoms with Crippen LogP contribution in [0.15, 0.2) is 30.6 Å².